The number of hydrogen-bond donors (Lipinski definition) is 0. The average Bonchev–Trinajstić information content (AvgIpc) is 2.93. The van der Waals surface area contributed by atoms with Crippen LogP contribution in [0.1, 0.15) is 28.9 Å². The summed E-state index contributed by atoms with van der Waals surface area (Å²) in [6.45, 7) is 6.62. The Balaban J connectivity index is 1.47. The van der Waals surface area contributed by atoms with E-state index in [1.807, 2.05) is 35.0 Å². The highest BCUT2D eigenvalue weighted by atomic mass is 16.2. The summed E-state index contributed by atoms with van der Waals surface area (Å²) in [7, 11) is 2.03. The second-order valence-corrected chi connectivity index (χ2v) is 7.38. The first kappa shape index (κ1) is 19.2. The maximum Gasteiger partial charge on any atom is 0.227 e. The Labute approximate surface area is 161 Å². The van der Waals surface area contributed by atoms with E-state index in [4.69, 9.17) is 0 Å². The number of rotatable bonds is 5. The van der Waals surface area contributed by atoms with E-state index in [0.717, 1.165) is 17.7 Å². The molecule has 0 atom stereocenters. The molecule has 2 amide bonds. The van der Waals surface area contributed by atoms with Gasteiger partial charge in [0, 0.05) is 51.0 Å². The zero-order chi connectivity index (χ0) is 19.4. The molecule has 144 valence electrons. The van der Waals surface area contributed by atoms with Crippen molar-refractivity contribution in [1.29, 1.82) is 0 Å². The molecule has 5 nitrogen and oxygen atoms in total. The Kier molecular flexibility index (Phi) is 5.99. The molecule has 0 saturated carbocycles. The van der Waals surface area contributed by atoms with Crippen LogP contribution in [-0.4, -0.2) is 52.4 Å². The highest BCUT2D eigenvalue weighted by molar-refractivity contribution is 5.80. The van der Waals surface area contributed by atoms with Crippen molar-refractivity contribution < 1.29 is 9.59 Å². The molecular weight excluding hydrogens is 338 g/mol. The zero-order valence-corrected chi connectivity index (χ0v) is 16.6. The standard InChI is InChI=1S/C22H29N3O2/c1-17-15-20(18(2)23(17)3)16-22(27)25-13-11-24(12-14-25)21(26)10-9-19-7-5-4-6-8-19/h4-8,15H,9-14,16H2,1-3H3. The van der Waals surface area contributed by atoms with Gasteiger partial charge < -0.3 is 14.4 Å². The van der Waals surface area contributed by atoms with Crippen molar-refractivity contribution in [2.75, 3.05) is 26.2 Å². The van der Waals surface area contributed by atoms with Crippen LogP contribution in [0.3, 0.4) is 0 Å². The number of hydrogen-bond acceptors (Lipinski definition) is 2. The van der Waals surface area contributed by atoms with Crippen LogP contribution in [0.4, 0.5) is 0 Å². The molecule has 5 heteroatoms. The van der Waals surface area contributed by atoms with Crippen LogP contribution < -0.4 is 0 Å². The molecule has 2 aromatic rings. The van der Waals surface area contributed by atoms with Crippen LogP contribution in [0.25, 0.3) is 0 Å². The van der Waals surface area contributed by atoms with E-state index in [1.54, 1.807) is 0 Å². The molecule has 1 aromatic carbocycles. The summed E-state index contributed by atoms with van der Waals surface area (Å²) < 4.78 is 2.12. The third kappa shape index (κ3) is 4.59. The van der Waals surface area contributed by atoms with Gasteiger partial charge in [-0.15, -0.1) is 0 Å². The van der Waals surface area contributed by atoms with Crippen molar-refractivity contribution in [2.24, 2.45) is 7.05 Å². The van der Waals surface area contributed by atoms with Crippen molar-refractivity contribution in [3.63, 3.8) is 0 Å². The second kappa shape index (κ2) is 8.42. The van der Waals surface area contributed by atoms with Gasteiger partial charge in [0.25, 0.3) is 0 Å². The monoisotopic (exact) mass is 367 g/mol. The summed E-state index contributed by atoms with van der Waals surface area (Å²) in [6, 6.07) is 12.2. The zero-order valence-electron chi connectivity index (χ0n) is 16.6. The van der Waals surface area contributed by atoms with Crippen LogP contribution in [-0.2, 0) is 29.5 Å². The van der Waals surface area contributed by atoms with Gasteiger partial charge in [0.05, 0.1) is 6.42 Å². The molecule has 3 rings (SSSR count). The minimum Gasteiger partial charge on any atom is -0.352 e. The summed E-state index contributed by atoms with van der Waals surface area (Å²) in [4.78, 5) is 28.9. The molecule has 1 aliphatic rings. The summed E-state index contributed by atoms with van der Waals surface area (Å²) in [5.74, 6) is 0.334. The van der Waals surface area contributed by atoms with E-state index >= 15 is 0 Å². The first-order valence-corrected chi connectivity index (χ1v) is 9.67. The quantitative estimate of drug-likeness (QED) is 0.815. The Morgan fingerprint density at radius 1 is 0.926 bits per heavy atom. The fourth-order valence-corrected chi connectivity index (χ4v) is 3.65. The number of piperazine rings is 1. The van der Waals surface area contributed by atoms with Gasteiger partial charge in [0.2, 0.25) is 11.8 Å². The van der Waals surface area contributed by atoms with Gasteiger partial charge in [-0.2, -0.15) is 0 Å². The van der Waals surface area contributed by atoms with Gasteiger partial charge in [-0.1, -0.05) is 30.3 Å². The Morgan fingerprint density at radius 2 is 1.52 bits per heavy atom. The number of carbonyl (C=O) groups excluding carboxylic acids is 2. The lowest BCUT2D eigenvalue weighted by Crippen LogP contribution is -2.51. The first-order chi connectivity index (χ1) is 13.0. The maximum absolute atomic E-state index is 12.6. The van der Waals surface area contributed by atoms with E-state index in [1.165, 1.54) is 11.3 Å². The predicted octanol–water partition coefficient (Wildman–Crippen LogP) is 2.49. The molecule has 1 aromatic heterocycles. The van der Waals surface area contributed by atoms with Gasteiger partial charge in [0.1, 0.15) is 0 Å². The molecule has 27 heavy (non-hydrogen) atoms. The third-order valence-electron chi connectivity index (χ3n) is 5.68. The fourth-order valence-electron chi connectivity index (χ4n) is 3.65. The Hall–Kier alpha value is -2.56. The topological polar surface area (TPSA) is 45.6 Å². The molecule has 0 unspecified atom stereocenters. The molecule has 0 radical (unpaired) electrons. The van der Waals surface area contributed by atoms with Crippen LogP contribution in [0.15, 0.2) is 36.4 Å². The molecule has 1 saturated heterocycles. The van der Waals surface area contributed by atoms with Crippen LogP contribution in [0.2, 0.25) is 0 Å². The molecule has 0 N–H and O–H groups in total. The van der Waals surface area contributed by atoms with Gasteiger partial charge in [-0.05, 0) is 37.5 Å². The van der Waals surface area contributed by atoms with E-state index in [2.05, 4.69) is 36.6 Å². The van der Waals surface area contributed by atoms with Gasteiger partial charge in [-0.25, -0.2) is 0 Å². The van der Waals surface area contributed by atoms with E-state index < -0.39 is 0 Å². The van der Waals surface area contributed by atoms with Gasteiger partial charge in [-0.3, -0.25) is 9.59 Å². The van der Waals surface area contributed by atoms with Crippen LogP contribution >= 0.6 is 0 Å². The second-order valence-electron chi connectivity index (χ2n) is 7.38. The predicted molar refractivity (Wildman–Crippen MR) is 107 cm³/mol. The lowest BCUT2D eigenvalue weighted by molar-refractivity contribution is -0.139. The molecule has 0 aliphatic carbocycles. The van der Waals surface area contributed by atoms with Crippen molar-refractivity contribution in [2.45, 2.75) is 33.1 Å². The molecular formula is C22H29N3O2. The number of nitrogens with zero attached hydrogens (tertiary/aromatic N) is 3. The highest BCUT2D eigenvalue weighted by Gasteiger charge is 2.24. The van der Waals surface area contributed by atoms with Crippen molar-refractivity contribution in [1.82, 2.24) is 14.4 Å². The van der Waals surface area contributed by atoms with Crippen molar-refractivity contribution >= 4 is 11.8 Å². The summed E-state index contributed by atoms with van der Waals surface area (Å²) in [5.41, 5.74) is 4.61. The molecule has 1 aliphatic heterocycles. The molecule has 0 bridgehead atoms. The largest absolute Gasteiger partial charge is 0.352 e. The van der Waals surface area contributed by atoms with E-state index in [-0.39, 0.29) is 11.8 Å². The first-order valence-electron chi connectivity index (χ1n) is 9.67. The van der Waals surface area contributed by atoms with E-state index in [0.29, 0.717) is 39.0 Å². The normalized spacial score (nSPS) is 14.5. The number of aromatic nitrogens is 1. The Bertz CT molecular complexity index is 802. The summed E-state index contributed by atoms with van der Waals surface area (Å²) in [6.07, 6.45) is 1.74. The average molecular weight is 367 g/mol. The Morgan fingerprint density at radius 3 is 2.07 bits per heavy atom. The smallest absolute Gasteiger partial charge is 0.227 e. The number of aryl methyl sites for hydroxylation is 2. The summed E-state index contributed by atoms with van der Waals surface area (Å²) in [5, 5.41) is 0. The highest BCUT2D eigenvalue weighted by Crippen LogP contribution is 2.16. The van der Waals surface area contributed by atoms with Crippen LogP contribution in [0.5, 0.6) is 0 Å². The lowest BCUT2D eigenvalue weighted by Gasteiger charge is -2.35. The van der Waals surface area contributed by atoms with Gasteiger partial charge >= 0.3 is 0 Å². The molecule has 1 fully saturated rings. The number of carbonyl (C=O) groups is 2. The van der Waals surface area contributed by atoms with Gasteiger partial charge in [0.15, 0.2) is 0 Å². The lowest BCUT2D eigenvalue weighted by atomic mass is 10.1. The van der Waals surface area contributed by atoms with Crippen molar-refractivity contribution in [3.05, 3.63) is 58.9 Å². The van der Waals surface area contributed by atoms with Crippen molar-refractivity contribution in [3.8, 4) is 0 Å². The molecule has 0 spiro atoms. The number of benzene rings is 1. The maximum atomic E-state index is 12.6. The molecule has 2 heterocycles. The van der Waals surface area contributed by atoms with E-state index in [9.17, 15) is 9.59 Å². The fraction of sp³-hybridized carbons (Fsp3) is 0.455. The van der Waals surface area contributed by atoms with Crippen LogP contribution in [0, 0.1) is 13.8 Å². The SMILES string of the molecule is Cc1cc(CC(=O)N2CCN(C(=O)CCc3ccccc3)CC2)c(C)n1C. The third-order valence-corrected chi connectivity index (χ3v) is 5.68. The minimum atomic E-state index is 0.153. The number of amides is 2. The minimum absolute atomic E-state index is 0.153. The summed E-state index contributed by atoms with van der Waals surface area (Å²) >= 11 is 0.